The summed E-state index contributed by atoms with van der Waals surface area (Å²) in [5.41, 5.74) is -0.287. The van der Waals surface area contributed by atoms with Crippen LogP contribution in [0.5, 0.6) is 0 Å². The van der Waals surface area contributed by atoms with Crippen LogP contribution in [0.15, 0.2) is 35.5 Å². The van der Waals surface area contributed by atoms with Crippen molar-refractivity contribution in [2.24, 2.45) is 0 Å². The van der Waals surface area contributed by atoms with E-state index in [-0.39, 0.29) is 23.6 Å². The lowest BCUT2D eigenvalue weighted by molar-refractivity contribution is -0.138. The van der Waals surface area contributed by atoms with E-state index in [1.807, 2.05) is 6.92 Å². The van der Waals surface area contributed by atoms with Gasteiger partial charge in [-0.2, -0.15) is 13.2 Å². The number of carbonyl (C=O) groups excluding carboxylic acids is 2. The Hall–Kier alpha value is -2.51. The minimum Gasteiger partial charge on any atom is -0.333 e. The number of hydrogen-bond donors (Lipinski definition) is 1. The quantitative estimate of drug-likeness (QED) is 0.908. The summed E-state index contributed by atoms with van der Waals surface area (Å²) in [6.07, 6.45) is -3.85. The molecule has 2 aliphatic rings. The number of amides is 3. The first-order valence-electron chi connectivity index (χ1n) is 7.98. The van der Waals surface area contributed by atoms with E-state index in [9.17, 15) is 22.8 Å². The molecule has 2 heterocycles. The van der Waals surface area contributed by atoms with Crippen molar-refractivity contribution in [1.82, 2.24) is 15.1 Å². The summed E-state index contributed by atoms with van der Waals surface area (Å²) in [6, 6.07) is 3.40. The van der Waals surface area contributed by atoms with Gasteiger partial charge in [0.05, 0.1) is 29.4 Å². The second-order valence-electron chi connectivity index (χ2n) is 6.11. The predicted octanol–water partition coefficient (Wildman–Crippen LogP) is 2.91. The molecule has 1 unspecified atom stereocenters. The highest BCUT2D eigenvalue weighted by Gasteiger charge is 2.45. The third-order valence-electron chi connectivity index (χ3n) is 4.51. The van der Waals surface area contributed by atoms with Gasteiger partial charge in [0.25, 0.3) is 5.91 Å². The van der Waals surface area contributed by atoms with E-state index >= 15 is 0 Å². The largest absolute Gasteiger partial charge is 0.416 e. The van der Waals surface area contributed by atoms with Gasteiger partial charge in [0, 0.05) is 13.6 Å². The molecule has 2 aliphatic heterocycles. The maximum atomic E-state index is 13.4. The molecule has 3 rings (SSSR count). The lowest BCUT2D eigenvalue weighted by Gasteiger charge is -2.32. The first kappa shape index (κ1) is 17.3. The van der Waals surface area contributed by atoms with E-state index in [0.29, 0.717) is 12.2 Å². The maximum absolute atomic E-state index is 13.4. The molecular weight excluding hydrogens is 335 g/mol. The molecule has 1 atom stereocenters. The normalized spacial score (nSPS) is 20.9. The molecule has 0 fully saturated rings. The minimum atomic E-state index is -4.57. The van der Waals surface area contributed by atoms with Crippen LogP contribution in [0, 0.1) is 0 Å². The number of hydrogen-bond acceptors (Lipinski definition) is 2. The van der Waals surface area contributed by atoms with E-state index in [4.69, 9.17) is 0 Å². The molecule has 8 heteroatoms. The minimum absolute atomic E-state index is 0.115. The first-order chi connectivity index (χ1) is 11.8. The molecule has 0 aliphatic carbocycles. The highest BCUT2D eigenvalue weighted by Crippen LogP contribution is 2.41. The molecule has 1 aromatic rings. The molecular formula is C17H18F3N3O2. The van der Waals surface area contributed by atoms with Gasteiger partial charge >= 0.3 is 12.2 Å². The van der Waals surface area contributed by atoms with Crippen LogP contribution in [-0.2, 0) is 11.0 Å². The van der Waals surface area contributed by atoms with Crippen molar-refractivity contribution in [3.63, 3.8) is 0 Å². The van der Waals surface area contributed by atoms with Gasteiger partial charge < -0.3 is 10.2 Å². The smallest absolute Gasteiger partial charge is 0.333 e. The van der Waals surface area contributed by atoms with Crippen molar-refractivity contribution < 1.29 is 22.8 Å². The summed E-state index contributed by atoms with van der Waals surface area (Å²) < 4.78 is 40.1. The summed E-state index contributed by atoms with van der Waals surface area (Å²) in [6.45, 7) is 2.63. The average Bonchev–Trinajstić information content (AvgIpc) is 2.88. The van der Waals surface area contributed by atoms with Crippen molar-refractivity contribution in [3.8, 4) is 0 Å². The molecule has 0 bridgehead atoms. The van der Waals surface area contributed by atoms with E-state index in [2.05, 4.69) is 5.32 Å². The standard InChI is InChI=1S/C17H18F3N3O2/c1-3-8-23-9-12-13(15(23)24)14(21-16(25)22(12)2)10-6-4-5-7-11(10)17(18,19)20/h4-7,14H,3,8-9H2,1-2H3,(H,21,25). The van der Waals surface area contributed by atoms with Crippen LogP contribution in [0.2, 0.25) is 0 Å². The van der Waals surface area contributed by atoms with Gasteiger partial charge in [-0.25, -0.2) is 4.79 Å². The zero-order valence-corrected chi connectivity index (χ0v) is 13.9. The summed E-state index contributed by atoms with van der Waals surface area (Å²) in [5, 5.41) is 2.54. The Morgan fingerprint density at radius 3 is 2.56 bits per heavy atom. The second-order valence-corrected chi connectivity index (χ2v) is 6.11. The molecule has 0 saturated heterocycles. The van der Waals surface area contributed by atoms with Gasteiger partial charge in [0.1, 0.15) is 0 Å². The van der Waals surface area contributed by atoms with Crippen molar-refractivity contribution in [3.05, 3.63) is 46.7 Å². The number of halogens is 3. The second kappa shape index (κ2) is 6.09. The van der Waals surface area contributed by atoms with Crippen LogP contribution < -0.4 is 5.32 Å². The van der Waals surface area contributed by atoms with Crippen LogP contribution in [0.3, 0.4) is 0 Å². The molecule has 1 aromatic carbocycles. The zero-order chi connectivity index (χ0) is 18.4. The fraction of sp³-hybridized carbons (Fsp3) is 0.412. The fourth-order valence-corrected chi connectivity index (χ4v) is 3.31. The Morgan fingerprint density at radius 1 is 1.24 bits per heavy atom. The molecule has 25 heavy (non-hydrogen) atoms. The SMILES string of the molecule is CCCN1CC2=C(C1=O)C(c1ccccc1C(F)(F)F)NC(=O)N2C. The van der Waals surface area contributed by atoms with Gasteiger partial charge in [-0.15, -0.1) is 0 Å². The number of alkyl halides is 3. The molecule has 5 nitrogen and oxygen atoms in total. The lowest BCUT2D eigenvalue weighted by Crippen LogP contribution is -2.45. The maximum Gasteiger partial charge on any atom is 0.416 e. The van der Waals surface area contributed by atoms with Crippen molar-refractivity contribution >= 4 is 11.9 Å². The summed E-state index contributed by atoms with van der Waals surface area (Å²) in [4.78, 5) is 27.8. The third-order valence-corrected chi connectivity index (χ3v) is 4.51. The van der Waals surface area contributed by atoms with Gasteiger partial charge in [-0.3, -0.25) is 9.69 Å². The molecule has 0 aromatic heterocycles. The van der Waals surface area contributed by atoms with Crippen molar-refractivity contribution in [2.45, 2.75) is 25.6 Å². The molecule has 3 amide bonds. The summed E-state index contributed by atoms with van der Waals surface area (Å²) in [5.74, 6) is -0.328. The van der Waals surface area contributed by atoms with Gasteiger partial charge in [0.2, 0.25) is 0 Å². The topological polar surface area (TPSA) is 52.7 Å². The number of rotatable bonds is 3. The van der Waals surface area contributed by atoms with E-state index < -0.39 is 23.8 Å². The summed E-state index contributed by atoms with van der Waals surface area (Å²) >= 11 is 0. The van der Waals surface area contributed by atoms with E-state index in [1.165, 1.54) is 30.1 Å². The number of nitrogens with one attached hydrogen (secondary N) is 1. The van der Waals surface area contributed by atoms with Crippen LogP contribution in [0.1, 0.15) is 30.5 Å². The Morgan fingerprint density at radius 2 is 1.92 bits per heavy atom. The van der Waals surface area contributed by atoms with Crippen LogP contribution in [0.25, 0.3) is 0 Å². The highest BCUT2D eigenvalue weighted by molar-refractivity contribution is 6.01. The Kier molecular flexibility index (Phi) is 4.22. The van der Waals surface area contributed by atoms with Crippen LogP contribution in [0.4, 0.5) is 18.0 Å². The van der Waals surface area contributed by atoms with Gasteiger partial charge in [-0.1, -0.05) is 25.1 Å². The lowest BCUT2D eigenvalue weighted by atomic mass is 9.92. The average molecular weight is 353 g/mol. The fourth-order valence-electron chi connectivity index (χ4n) is 3.31. The van der Waals surface area contributed by atoms with Crippen molar-refractivity contribution in [2.75, 3.05) is 20.1 Å². The first-order valence-corrected chi connectivity index (χ1v) is 7.98. The number of carbonyl (C=O) groups is 2. The summed E-state index contributed by atoms with van der Waals surface area (Å²) in [7, 11) is 1.51. The van der Waals surface area contributed by atoms with E-state index in [0.717, 1.165) is 12.5 Å². The van der Waals surface area contributed by atoms with Gasteiger partial charge in [-0.05, 0) is 18.1 Å². The molecule has 0 radical (unpaired) electrons. The predicted molar refractivity (Wildman–Crippen MR) is 84.4 cm³/mol. The number of urea groups is 1. The highest BCUT2D eigenvalue weighted by atomic mass is 19.4. The zero-order valence-electron chi connectivity index (χ0n) is 13.9. The number of nitrogens with zero attached hydrogens (tertiary/aromatic N) is 2. The molecule has 1 N–H and O–H groups in total. The van der Waals surface area contributed by atoms with E-state index in [1.54, 1.807) is 4.90 Å². The molecule has 0 saturated carbocycles. The van der Waals surface area contributed by atoms with Crippen molar-refractivity contribution in [1.29, 1.82) is 0 Å². The Labute approximate surface area is 143 Å². The third kappa shape index (κ3) is 2.85. The Bertz CT molecular complexity index is 758. The van der Waals surface area contributed by atoms with Crippen LogP contribution >= 0.6 is 0 Å². The Balaban J connectivity index is 2.11. The van der Waals surface area contributed by atoms with Crippen LogP contribution in [-0.4, -0.2) is 41.9 Å². The molecule has 0 spiro atoms. The number of benzene rings is 1. The van der Waals surface area contributed by atoms with Gasteiger partial charge in [0.15, 0.2) is 0 Å². The number of likely N-dealkylation sites (N-methyl/N-ethyl adjacent to an activating group) is 1. The monoisotopic (exact) mass is 353 g/mol. The molecule has 134 valence electrons.